The van der Waals surface area contributed by atoms with Crippen LogP contribution in [0.4, 0.5) is 0 Å². The molecule has 0 saturated carbocycles. The first-order valence-electron chi connectivity index (χ1n) is 6.26. The molecule has 0 bridgehead atoms. The average Bonchev–Trinajstić information content (AvgIpc) is 3.09. The van der Waals surface area contributed by atoms with Crippen LogP contribution in [0.15, 0.2) is 36.8 Å². The van der Waals surface area contributed by atoms with Gasteiger partial charge >= 0.3 is 0 Å². The molecule has 1 fully saturated rings. The molecule has 4 heteroatoms. The van der Waals surface area contributed by atoms with Crippen molar-refractivity contribution in [1.82, 2.24) is 14.9 Å². The Morgan fingerprint density at radius 3 is 2.83 bits per heavy atom. The molecular formula is C14H17N3O. The van der Waals surface area contributed by atoms with Crippen molar-refractivity contribution in [2.24, 2.45) is 0 Å². The Balaban J connectivity index is 1.93. The molecule has 94 valence electrons. The predicted molar refractivity (Wildman–Crippen MR) is 70.3 cm³/mol. The number of aromatic nitrogens is 2. The number of nitrogens with zero attached hydrogens (tertiary/aromatic N) is 2. The molecule has 1 N–H and O–H groups in total. The molecule has 3 rings (SSSR count). The zero-order chi connectivity index (χ0) is 12.4. The molecule has 0 aliphatic carbocycles. The Labute approximate surface area is 107 Å². The molecule has 1 atom stereocenters. The fourth-order valence-corrected chi connectivity index (χ4v) is 2.47. The lowest BCUT2D eigenvalue weighted by Crippen LogP contribution is -2.10. The quantitative estimate of drug-likeness (QED) is 0.895. The number of imidazole rings is 1. The number of rotatable bonds is 3. The lowest BCUT2D eigenvalue weighted by Gasteiger charge is -2.13. The van der Waals surface area contributed by atoms with Gasteiger partial charge in [-0.2, -0.15) is 0 Å². The van der Waals surface area contributed by atoms with E-state index in [9.17, 15) is 0 Å². The summed E-state index contributed by atoms with van der Waals surface area (Å²) in [7, 11) is 1.68. The van der Waals surface area contributed by atoms with Gasteiger partial charge in [0, 0.05) is 30.0 Å². The third-order valence-corrected chi connectivity index (χ3v) is 3.50. The highest BCUT2D eigenvalue weighted by Crippen LogP contribution is 2.25. The van der Waals surface area contributed by atoms with Gasteiger partial charge in [-0.3, -0.25) is 0 Å². The molecule has 18 heavy (non-hydrogen) atoms. The zero-order valence-electron chi connectivity index (χ0n) is 10.5. The zero-order valence-corrected chi connectivity index (χ0v) is 10.5. The number of nitrogens with one attached hydrogen (secondary N) is 1. The molecule has 0 amide bonds. The van der Waals surface area contributed by atoms with E-state index in [-0.39, 0.29) is 0 Å². The van der Waals surface area contributed by atoms with Gasteiger partial charge in [0.1, 0.15) is 5.75 Å². The van der Waals surface area contributed by atoms with E-state index in [1.54, 1.807) is 7.11 Å². The van der Waals surface area contributed by atoms with Gasteiger partial charge in [-0.15, -0.1) is 0 Å². The standard InChI is InChI=1S/C14H17N3O/c1-18-13-4-2-12(3-5-13)17-10-16-9-14(17)11-6-7-15-8-11/h2-5,9-11,15H,6-8H2,1H3. The predicted octanol–water partition coefficient (Wildman–Crippen LogP) is 1.96. The van der Waals surface area contributed by atoms with Gasteiger partial charge in [0.25, 0.3) is 0 Å². The highest BCUT2D eigenvalue weighted by molar-refractivity contribution is 5.39. The largest absolute Gasteiger partial charge is 0.497 e. The number of methoxy groups -OCH3 is 1. The first kappa shape index (κ1) is 11.3. The number of benzene rings is 1. The normalized spacial score (nSPS) is 19.1. The second-order valence-corrected chi connectivity index (χ2v) is 4.58. The first-order valence-corrected chi connectivity index (χ1v) is 6.26. The molecule has 2 heterocycles. The van der Waals surface area contributed by atoms with E-state index >= 15 is 0 Å². The summed E-state index contributed by atoms with van der Waals surface area (Å²) in [5, 5.41) is 3.40. The number of hydrogen-bond donors (Lipinski definition) is 1. The summed E-state index contributed by atoms with van der Waals surface area (Å²) in [5.41, 5.74) is 2.42. The molecule has 1 aliphatic rings. The minimum Gasteiger partial charge on any atom is -0.497 e. The van der Waals surface area contributed by atoms with Gasteiger partial charge in [-0.25, -0.2) is 4.98 Å². The van der Waals surface area contributed by atoms with Crippen molar-refractivity contribution < 1.29 is 4.74 Å². The summed E-state index contributed by atoms with van der Waals surface area (Å²) in [5.74, 6) is 1.44. The van der Waals surface area contributed by atoms with Crippen molar-refractivity contribution >= 4 is 0 Å². The molecule has 1 aromatic carbocycles. The van der Waals surface area contributed by atoms with Crippen LogP contribution in [0.2, 0.25) is 0 Å². The fourth-order valence-electron chi connectivity index (χ4n) is 2.47. The third kappa shape index (κ3) is 1.99. The molecule has 1 aromatic heterocycles. The van der Waals surface area contributed by atoms with Crippen LogP contribution in [0.5, 0.6) is 5.75 Å². The topological polar surface area (TPSA) is 39.1 Å². The van der Waals surface area contributed by atoms with E-state index in [0.29, 0.717) is 5.92 Å². The smallest absolute Gasteiger partial charge is 0.119 e. The van der Waals surface area contributed by atoms with Crippen LogP contribution in [0.1, 0.15) is 18.0 Å². The van der Waals surface area contributed by atoms with Gasteiger partial charge in [0.05, 0.1) is 13.4 Å². The number of hydrogen-bond acceptors (Lipinski definition) is 3. The fraction of sp³-hybridized carbons (Fsp3) is 0.357. The van der Waals surface area contributed by atoms with Crippen LogP contribution in [-0.4, -0.2) is 29.8 Å². The van der Waals surface area contributed by atoms with Crippen molar-refractivity contribution in [3.63, 3.8) is 0 Å². The van der Waals surface area contributed by atoms with Crippen molar-refractivity contribution in [3.05, 3.63) is 42.5 Å². The second kappa shape index (κ2) is 4.82. The molecule has 1 aliphatic heterocycles. The van der Waals surface area contributed by atoms with Gasteiger partial charge in [-0.05, 0) is 37.2 Å². The second-order valence-electron chi connectivity index (χ2n) is 4.58. The highest BCUT2D eigenvalue weighted by Gasteiger charge is 2.20. The van der Waals surface area contributed by atoms with Crippen LogP contribution in [-0.2, 0) is 0 Å². The molecule has 0 radical (unpaired) electrons. The van der Waals surface area contributed by atoms with Crippen LogP contribution in [0.3, 0.4) is 0 Å². The van der Waals surface area contributed by atoms with Crippen molar-refractivity contribution in [1.29, 1.82) is 0 Å². The SMILES string of the molecule is COc1ccc(-n2cncc2C2CCNC2)cc1. The van der Waals surface area contributed by atoms with Gasteiger partial charge < -0.3 is 14.6 Å². The molecule has 1 unspecified atom stereocenters. The van der Waals surface area contributed by atoms with Crippen LogP contribution in [0, 0.1) is 0 Å². The Hall–Kier alpha value is -1.81. The summed E-state index contributed by atoms with van der Waals surface area (Å²) in [6.45, 7) is 2.14. The van der Waals surface area contributed by atoms with Crippen LogP contribution < -0.4 is 10.1 Å². The first-order chi connectivity index (χ1) is 8.88. The van der Waals surface area contributed by atoms with Crippen molar-refractivity contribution in [3.8, 4) is 11.4 Å². The molecular weight excluding hydrogens is 226 g/mol. The highest BCUT2D eigenvalue weighted by atomic mass is 16.5. The minimum atomic E-state index is 0.564. The molecule has 4 nitrogen and oxygen atoms in total. The van der Waals surface area contributed by atoms with E-state index in [2.05, 4.69) is 27.0 Å². The van der Waals surface area contributed by atoms with Crippen LogP contribution in [0.25, 0.3) is 5.69 Å². The maximum absolute atomic E-state index is 5.18. The Bertz CT molecular complexity index is 512. The van der Waals surface area contributed by atoms with E-state index in [4.69, 9.17) is 4.74 Å². The summed E-state index contributed by atoms with van der Waals surface area (Å²) < 4.78 is 7.35. The lowest BCUT2D eigenvalue weighted by molar-refractivity contribution is 0.414. The summed E-state index contributed by atoms with van der Waals surface area (Å²) in [4.78, 5) is 4.29. The summed E-state index contributed by atoms with van der Waals surface area (Å²) in [6, 6.07) is 8.08. The van der Waals surface area contributed by atoms with Crippen molar-refractivity contribution in [2.75, 3.05) is 20.2 Å². The van der Waals surface area contributed by atoms with Crippen LogP contribution >= 0.6 is 0 Å². The Morgan fingerprint density at radius 1 is 1.33 bits per heavy atom. The minimum absolute atomic E-state index is 0.564. The maximum atomic E-state index is 5.18. The summed E-state index contributed by atoms with van der Waals surface area (Å²) >= 11 is 0. The molecule has 2 aromatic rings. The monoisotopic (exact) mass is 243 g/mol. The van der Waals surface area contributed by atoms with Crippen molar-refractivity contribution in [2.45, 2.75) is 12.3 Å². The third-order valence-electron chi connectivity index (χ3n) is 3.50. The lowest BCUT2D eigenvalue weighted by atomic mass is 10.1. The number of ether oxygens (including phenoxy) is 1. The Morgan fingerprint density at radius 2 is 2.17 bits per heavy atom. The van der Waals surface area contributed by atoms with E-state index in [1.807, 2.05) is 24.7 Å². The maximum Gasteiger partial charge on any atom is 0.119 e. The van der Waals surface area contributed by atoms with E-state index in [1.165, 1.54) is 12.1 Å². The van der Waals surface area contributed by atoms with Gasteiger partial charge in [0.15, 0.2) is 0 Å². The average molecular weight is 243 g/mol. The summed E-state index contributed by atoms with van der Waals surface area (Å²) in [6.07, 6.45) is 5.04. The van der Waals surface area contributed by atoms with Gasteiger partial charge in [-0.1, -0.05) is 0 Å². The Kier molecular flexibility index (Phi) is 3.02. The molecule has 0 spiro atoms. The van der Waals surface area contributed by atoms with E-state index < -0.39 is 0 Å². The van der Waals surface area contributed by atoms with E-state index in [0.717, 1.165) is 24.5 Å². The van der Waals surface area contributed by atoms with Gasteiger partial charge in [0.2, 0.25) is 0 Å². The molecule has 1 saturated heterocycles.